The molecule has 0 spiro atoms. The molecule has 0 saturated carbocycles. The number of aliphatic hydroxyl groups excluding tert-OH is 1. The normalized spacial score (nSPS) is 20.0. The first-order valence-electron chi connectivity index (χ1n) is 3.01. The van der Waals surface area contributed by atoms with E-state index >= 15 is 0 Å². The lowest BCUT2D eigenvalue weighted by Gasteiger charge is -2.06. The van der Waals surface area contributed by atoms with Gasteiger partial charge < -0.3 is 9.63 Å². The minimum atomic E-state index is -2.86. The third kappa shape index (κ3) is 8.44. The van der Waals surface area contributed by atoms with Gasteiger partial charge in [0.05, 0.1) is 12.7 Å². The second kappa shape index (κ2) is 4.35. The van der Waals surface area contributed by atoms with E-state index in [0.29, 0.717) is 6.42 Å². The van der Waals surface area contributed by atoms with E-state index in [1.165, 1.54) is 6.66 Å². The summed E-state index contributed by atoms with van der Waals surface area (Å²) in [5.41, 5.74) is 0. The molecule has 0 amide bonds. The molecule has 2 atom stereocenters. The van der Waals surface area contributed by atoms with E-state index in [9.17, 15) is 4.57 Å². The zero-order valence-electron chi connectivity index (χ0n) is 6.08. The molecule has 0 aromatic rings. The van der Waals surface area contributed by atoms with Crippen LogP contribution in [0.3, 0.4) is 0 Å². The SMILES string of the molecule is CC(O)CCOP(C)(=O)Cl. The van der Waals surface area contributed by atoms with Crippen molar-refractivity contribution in [3.8, 4) is 0 Å². The van der Waals surface area contributed by atoms with Crippen molar-refractivity contribution in [1.82, 2.24) is 0 Å². The highest BCUT2D eigenvalue weighted by atomic mass is 35.7. The highest BCUT2D eigenvalue weighted by Crippen LogP contribution is 2.47. The summed E-state index contributed by atoms with van der Waals surface area (Å²) < 4.78 is 15.4. The smallest absolute Gasteiger partial charge is 0.287 e. The van der Waals surface area contributed by atoms with Gasteiger partial charge in [-0.15, -0.1) is 0 Å². The van der Waals surface area contributed by atoms with Crippen molar-refractivity contribution in [2.24, 2.45) is 0 Å². The van der Waals surface area contributed by atoms with Gasteiger partial charge in [0.15, 0.2) is 0 Å². The average Bonchev–Trinajstić information content (AvgIpc) is 1.59. The second-order valence-corrected chi connectivity index (χ2v) is 5.81. The Kier molecular flexibility index (Phi) is 4.54. The van der Waals surface area contributed by atoms with Crippen molar-refractivity contribution >= 4 is 18.0 Å². The Morgan fingerprint density at radius 2 is 2.30 bits per heavy atom. The topological polar surface area (TPSA) is 46.5 Å². The lowest BCUT2D eigenvalue weighted by molar-refractivity contribution is 0.158. The Balaban J connectivity index is 3.30. The molecule has 0 aliphatic rings. The van der Waals surface area contributed by atoms with Gasteiger partial charge in [-0.3, -0.25) is 4.57 Å². The number of hydrogen-bond donors (Lipinski definition) is 1. The molecule has 0 bridgehead atoms. The summed E-state index contributed by atoms with van der Waals surface area (Å²) in [6.07, 6.45) is 0.0353. The van der Waals surface area contributed by atoms with Crippen LogP contribution in [0, 0.1) is 0 Å². The number of hydrogen-bond acceptors (Lipinski definition) is 3. The third-order valence-corrected chi connectivity index (χ3v) is 1.79. The molecule has 2 unspecified atom stereocenters. The Morgan fingerprint density at radius 1 is 1.80 bits per heavy atom. The Labute approximate surface area is 65.6 Å². The molecule has 1 N–H and O–H groups in total. The average molecular weight is 187 g/mol. The van der Waals surface area contributed by atoms with Gasteiger partial charge in [-0.05, 0) is 24.6 Å². The Bertz CT molecular complexity index is 131. The molecule has 0 fully saturated rings. The molecule has 0 aromatic carbocycles. The van der Waals surface area contributed by atoms with Crippen molar-refractivity contribution in [2.75, 3.05) is 13.3 Å². The Morgan fingerprint density at radius 3 is 2.60 bits per heavy atom. The van der Waals surface area contributed by atoms with E-state index in [4.69, 9.17) is 20.9 Å². The van der Waals surface area contributed by atoms with E-state index in [1.54, 1.807) is 6.92 Å². The Hall–Kier alpha value is 0.440. The van der Waals surface area contributed by atoms with E-state index in [0.717, 1.165) is 0 Å². The summed E-state index contributed by atoms with van der Waals surface area (Å²) >= 11 is 5.27. The lowest BCUT2D eigenvalue weighted by atomic mass is 10.3. The zero-order chi connectivity index (χ0) is 8.20. The lowest BCUT2D eigenvalue weighted by Crippen LogP contribution is -2.03. The summed E-state index contributed by atoms with van der Waals surface area (Å²) in [6.45, 7) is 0.351. The molecule has 0 aliphatic heterocycles. The van der Waals surface area contributed by atoms with Crippen LogP contribution in [0.4, 0.5) is 0 Å². The number of halogens is 1. The minimum absolute atomic E-state index is 0.245. The summed E-state index contributed by atoms with van der Waals surface area (Å²) in [5.74, 6) is 0. The van der Waals surface area contributed by atoms with Crippen molar-refractivity contribution in [3.05, 3.63) is 0 Å². The van der Waals surface area contributed by atoms with E-state index < -0.39 is 12.8 Å². The molecular weight excluding hydrogens is 174 g/mol. The van der Waals surface area contributed by atoms with Crippen LogP contribution in [0.1, 0.15) is 13.3 Å². The highest BCUT2D eigenvalue weighted by Gasteiger charge is 2.09. The quantitative estimate of drug-likeness (QED) is 0.682. The largest absolute Gasteiger partial charge is 0.393 e. The molecule has 0 aromatic heterocycles. The summed E-state index contributed by atoms with van der Waals surface area (Å²) in [6, 6.07) is 0. The molecule has 3 nitrogen and oxygen atoms in total. The fourth-order valence-electron chi connectivity index (χ4n) is 0.386. The molecule has 62 valence electrons. The first-order chi connectivity index (χ1) is 4.42. The van der Waals surface area contributed by atoms with Crippen molar-refractivity contribution in [3.63, 3.8) is 0 Å². The zero-order valence-corrected chi connectivity index (χ0v) is 7.73. The molecule has 5 heteroatoms. The van der Waals surface area contributed by atoms with Crippen LogP contribution in [0.25, 0.3) is 0 Å². The first kappa shape index (κ1) is 10.4. The standard InChI is InChI=1S/C5H12ClO3P/c1-5(7)3-4-9-10(2,6)8/h5,7H,3-4H2,1-2H3. The van der Waals surface area contributed by atoms with Gasteiger partial charge in [0, 0.05) is 6.66 Å². The number of aliphatic hydroxyl groups is 1. The summed E-state index contributed by atoms with van der Waals surface area (Å²) in [5, 5.41) is 8.74. The highest BCUT2D eigenvalue weighted by molar-refractivity contribution is 7.84. The van der Waals surface area contributed by atoms with Gasteiger partial charge in [0.2, 0.25) is 0 Å². The van der Waals surface area contributed by atoms with Gasteiger partial charge in [-0.2, -0.15) is 0 Å². The second-order valence-electron chi connectivity index (χ2n) is 2.22. The van der Waals surface area contributed by atoms with Crippen LogP contribution < -0.4 is 0 Å². The van der Waals surface area contributed by atoms with Crippen LogP contribution in [0.5, 0.6) is 0 Å². The molecule has 0 saturated heterocycles. The molecule has 0 radical (unpaired) electrons. The number of rotatable bonds is 4. The minimum Gasteiger partial charge on any atom is -0.393 e. The predicted octanol–water partition coefficient (Wildman–Crippen LogP) is 1.84. The van der Waals surface area contributed by atoms with Crippen molar-refractivity contribution in [1.29, 1.82) is 0 Å². The molecule has 0 heterocycles. The van der Waals surface area contributed by atoms with Crippen LogP contribution in [-0.4, -0.2) is 24.5 Å². The van der Waals surface area contributed by atoms with Crippen LogP contribution in [-0.2, 0) is 9.09 Å². The van der Waals surface area contributed by atoms with Crippen molar-refractivity contribution in [2.45, 2.75) is 19.4 Å². The maximum absolute atomic E-state index is 10.7. The van der Waals surface area contributed by atoms with E-state index in [1.807, 2.05) is 0 Å². The van der Waals surface area contributed by atoms with Crippen LogP contribution in [0.2, 0.25) is 0 Å². The fraction of sp³-hybridized carbons (Fsp3) is 1.00. The van der Waals surface area contributed by atoms with Gasteiger partial charge in [0.1, 0.15) is 0 Å². The third-order valence-electron chi connectivity index (χ3n) is 0.858. The maximum atomic E-state index is 10.7. The molecule has 10 heavy (non-hydrogen) atoms. The predicted molar refractivity (Wildman–Crippen MR) is 41.6 cm³/mol. The fourth-order valence-corrected chi connectivity index (χ4v) is 1.02. The van der Waals surface area contributed by atoms with Gasteiger partial charge >= 0.3 is 0 Å². The molecule has 0 rings (SSSR count). The van der Waals surface area contributed by atoms with Crippen LogP contribution in [0.15, 0.2) is 0 Å². The van der Waals surface area contributed by atoms with Crippen molar-refractivity contribution < 1.29 is 14.2 Å². The van der Waals surface area contributed by atoms with Gasteiger partial charge in [0.25, 0.3) is 6.72 Å². The van der Waals surface area contributed by atoms with Gasteiger partial charge in [-0.1, -0.05) is 0 Å². The molecular formula is C5H12ClO3P. The molecule has 0 aliphatic carbocycles. The maximum Gasteiger partial charge on any atom is 0.287 e. The van der Waals surface area contributed by atoms with E-state index in [-0.39, 0.29) is 6.61 Å². The summed E-state index contributed by atoms with van der Waals surface area (Å²) in [4.78, 5) is 0. The van der Waals surface area contributed by atoms with E-state index in [2.05, 4.69) is 0 Å². The summed E-state index contributed by atoms with van der Waals surface area (Å²) in [7, 11) is 0. The van der Waals surface area contributed by atoms with Crippen LogP contribution >= 0.6 is 18.0 Å². The monoisotopic (exact) mass is 186 g/mol. The van der Waals surface area contributed by atoms with Gasteiger partial charge in [-0.25, -0.2) is 0 Å². The first-order valence-corrected chi connectivity index (χ1v) is 5.99.